The van der Waals surface area contributed by atoms with E-state index in [1.54, 1.807) is 6.92 Å². The molecule has 0 saturated carbocycles. The zero-order valence-electron chi connectivity index (χ0n) is 12.7. The molecule has 2 atom stereocenters. The van der Waals surface area contributed by atoms with Crippen molar-refractivity contribution in [3.8, 4) is 0 Å². The maximum atomic E-state index is 11.8. The van der Waals surface area contributed by atoms with Crippen LogP contribution in [0.1, 0.15) is 33.1 Å². The number of unbranched alkanes of at least 4 members (excludes halogenated alkanes) is 1. The largest absolute Gasteiger partial charge is 0.469 e. The second kappa shape index (κ2) is 8.79. The predicted octanol–water partition coefficient (Wildman–Crippen LogP) is 1.40. The Morgan fingerprint density at radius 3 is 2.65 bits per heavy atom. The SMILES string of the molecule is CCCCN1CC(NC(=O)OCC)CC(C(=O)OC)C1. The number of rotatable bonds is 6. The second-order valence-corrected chi connectivity index (χ2v) is 5.13. The van der Waals surface area contributed by atoms with Crippen LogP contribution in [0, 0.1) is 5.92 Å². The topological polar surface area (TPSA) is 67.9 Å². The van der Waals surface area contributed by atoms with Crippen molar-refractivity contribution in [2.75, 3.05) is 33.4 Å². The maximum Gasteiger partial charge on any atom is 0.407 e. The molecule has 0 bridgehead atoms. The van der Waals surface area contributed by atoms with Crippen molar-refractivity contribution in [3.63, 3.8) is 0 Å². The molecule has 0 aromatic carbocycles. The number of carbonyl (C=O) groups excluding carboxylic acids is 2. The molecule has 6 nitrogen and oxygen atoms in total. The number of nitrogens with one attached hydrogen (secondary N) is 1. The van der Waals surface area contributed by atoms with Crippen LogP contribution in [-0.4, -0.2) is 56.4 Å². The number of nitrogens with zero attached hydrogens (tertiary/aromatic N) is 1. The monoisotopic (exact) mass is 286 g/mol. The van der Waals surface area contributed by atoms with E-state index < -0.39 is 6.09 Å². The molecule has 1 amide bonds. The van der Waals surface area contributed by atoms with Crippen LogP contribution in [0.25, 0.3) is 0 Å². The summed E-state index contributed by atoms with van der Waals surface area (Å²) in [4.78, 5) is 25.5. The van der Waals surface area contributed by atoms with Crippen LogP contribution in [0.5, 0.6) is 0 Å². The normalized spacial score (nSPS) is 23.1. The van der Waals surface area contributed by atoms with E-state index in [0.717, 1.165) is 25.9 Å². The Morgan fingerprint density at radius 1 is 1.30 bits per heavy atom. The molecule has 1 aliphatic heterocycles. The Kier molecular flexibility index (Phi) is 7.36. The van der Waals surface area contributed by atoms with Crippen LogP contribution in [0.15, 0.2) is 0 Å². The summed E-state index contributed by atoms with van der Waals surface area (Å²) in [7, 11) is 1.40. The lowest BCUT2D eigenvalue weighted by molar-refractivity contribution is -0.147. The van der Waals surface area contributed by atoms with E-state index >= 15 is 0 Å². The molecule has 0 aromatic rings. The van der Waals surface area contributed by atoms with Crippen molar-refractivity contribution < 1.29 is 19.1 Å². The van der Waals surface area contributed by atoms with Gasteiger partial charge in [0.05, 0.1) is 19.6 Å². The minimum Gasteiger partial charge on any atom is -0.469 e. The Balaban J connectivity index is 2.58. The Morgan fingerprint density at radius 2 is 2.05 bits per heavy atom. The third kappa shape index (κ3) is 5.36. The van der Waals surface area contributed by atoms with E-state index in [0.29, 0.717) is 19.6 Å². The fraction of sp³-hybridized carbons (Fsp3) is 0.857. The number of hydrogen-bond acceptors (Lipinski definition) is 5. The Labute approximate surface area is 120 Å². The molecule has 0 aromatic heterocycles. The molecule has 116 valence electrons. The van der Waals surface area contributed by atoms with Gasteiger partial charge in [-0.2, -0.15) is 0 Å². The third-order valence-corrected chi connectivity index (χ3v) is 3.49. The molecular formula is C14H26N2O4. The first-order valence-electron chi connectivity index (χ1n) is 7.34. The van der Waals surface area contributed by atoms with Crippen LogP contribution in [0.3, 0.4) is 0 Å². The van der Waals surface area contributed by atoms with Gasteiger partial charge in [-0.1, -0.05) is 13.3 Å². The highest BCUT2D eigenvalue weighted by atomic mass is 16.5. The first kappa shape index (κ1) is 16.8. The van der Waals surface area contributed by atoms with E-state index in [4.69, 9.17) is 9.47 Å². The molecule has 1 fully saturated rings. The number of ether oxygens (including phenoxy) is 2. The summed E-state index contributed by atoms with van der Waals surface area (Å²) < 4.78 is 9.73. The average Bonchev–Trinajstić information content (AvgIpc) is 2.44. The van der Waals surface area contributed by atoms with Crippen LogP contribution in [-0.2, 0) is 14.3 Å². The number of piperidine rings is 1. The summed E-state index contributed by atoms with van der Waals surface area (Å²) in [6.45, 7) is 6.64. The van der Waals surface area contributed by atoms with Crippen molar-refractivity contribution in [1.82, 2.24) is 10.2 Å². The van der Waals surface area contributed by atoms with Crippen LogP contribution < -0.4 is 5.32 Å². The molecule has 1 aliphatic rings. The van der Waals surface area contributed by atoms with Gasteiger partial charge in [-0.3, -0.25) is 4.79 Å². The van der Waals surface area contributed by atoms with Gasteiger partial charge >= 0.3 is 12.1 Å². The number of esters is 1. The van der Waals surface area contributed by atoms with Crippen molar-refractivity contribution in [2.24, 2.45) is 5.92 Å². The quantitative estimate of drug-likeness (QED) is 0.747. The summed E-state index contributed by atoms with van der Waals surface area (Å²) in [6.07, 6.45) is 2.38. The maximum absolute atomic E-state index is 11.8. The second-order valence-electron chi connectivity index (χ2n) is 5.13. The fourth-order valence-electron chi connectivity index (χ4n) is 2.54. The molecule has 0 aliphatic carbocycles. The summed E-state index contributed by atoms with van der Waals surface area (Å²) in [5.74, 6) is -0.389. The van der Waals surface area contributed by atoms with Gasteiger partial charge in [0.15, 0.2) is 0 Å². The first-order valence-corrected chi connectivity index (χ1v) is 7.34. The smallest absolute Gasteiger partial charge is 0.407 e. The van der Waals surface area contributed by atoms with Gasteiger partial charge in [0.25, 0.3) is 0 Å². The number of likely N-dealkylation sites (tertiary alicyclic amines) is 1. The van der Waals surface area contributed by atoms with Gasteiger partial charge in [0.1, 0.15) is 0 Å². The lowest BCUT2D eigenvalue weighted by atomic mass is 9.94. The molecule has 1 N–H and O–H groups in total. The van der Waals surface area contributed by atoms with E-state index in [1.807, 2.05) is 0 Å². The summed E-state index contributed by atoms with van der Waals surface area (Å²) >= 11 is 0. The Hall–Kier alpha value is -1.30. The van der Waals surface area contributed by atoms with Crippen molar-refractivity contribution >= 4 is 12.1 Å². The molecule has 0 spiro atoms. The van der Waals surface area contributed by atoms with Gasteiger partial charge in [0.2, 0.25) is 0 Å². The van der Waals surface area contributed by atoms with Crippen LogP contribution >= 0.6 is 0 Å². The molecule has 0 radical (unpaired) electrons. The highest BCUT2D eigenvalue weighted by Crippen LogP contribution is 2.19. The van der Waals surface area contributed by atoms with Crippen molar-refractivity contribution in [2.45, 2.75) is 39.2 Å². The zero-order chi connectivity index (χ0) is 15.0. The van der Waals surface area contributed by atoms with Gasteiger partial charge in [0, 0.05) is 19.1 Å². The minimum atomic E-state index is -0.418. The molecule has 6 heteroatoms. The molecule has 20 heavy (non-hydrogen) atoms. The van der Waals surface area contributed by atoms with Gasteiger partial charge in [-0.25, -0.2) is 4.79 Å². The van der Waals surface area contributed by atoms with E-state index in [-0.39, 0.29) is 17.9 Å². The lowest BCUT2D eigenvalue weighted by Crippen LogP contribution is -2.52. The molecule has 1 heterocycles. The summed E-state index contributed by atoms with van der Waals surface area (Å²) in [5, 5.41) is 2.82. The standard InChI is InChI=1S/C14H26N2O4/c1-4-6-7-16-9-11(13(17)19-3)8-12(10-16)15-14(18)20-5-2/h11-12H,4-10H2,1-3H3,(H,15,18). The van der Waals surface area contributed by atoms with Crippen molar-refractivity contribution in [3.05, 3.63) is 0 Å². The molecule has 1 rings (SSSR count). The van der Waals surface area contributed by atoms with E-state index in [1.165, 1.54) is 7.11 Å². The van der Waals surface area contributed by atoms with Crippen LogP contribution in [0.2, 0.25) is 0 Å². The van der Waals surface area contributed by atoms with Crippen LogP contribution in [0.4, 0.5) is 4.79 Å². The Bertz CT molecular complexity index is 322. The van der Waals surface area contributed by atoms with Crippen molar-refractivity contribution in [1.29, 1.82) is 0 Å². The number of amides is 1. The fourth-order valence-corrected chi connectivity index (χ4v) is 2.54. The summed E-state index contributed by atoms with van der Waals surface area (Å²) in [6, 6.07) is -0.0660. The van der Waals surface area contributed by atoms with E-state index in [9.17, 15) is 9.59 Å². The molecule has 2 unspecified atom stereocenters. The number of alkyl carbamates (subject to hydrolysis) is 1. The highest BCUT2D eigenvalue weighted by molar-refractivity contribution is 5.73. The average molecular weight is 286 g/mol. The zero-order valence-corrected chi connectivity index (χ0v) is 12.7. The van der Waals surface area contributed by atoms with E-state index in [2.05, 4.69) is 17.1 Å². The van der Waals surface area contributed by atoms with Gasteiger partial charge in [-0.15, -0.1) is 0 Å². The molecular weight excluding hydrogens is 260 g/mol. The lowest BCUT2D eigenvalue weighted by Gasteiger charge is -2.36. The number of carbonyl (C=O) groups is 2. The number of methoxy groups -OCH3 is 1. The van der Waals surface area contributed by atoms with Gasteiger partial charge in [-0.05, 0) is 26.3 Å². The predicted molar refractivity (Wildman–Crippen MR) is 75.4 cm³/mol. The summed E-state index contributed by atoms with van der Waals surface area (Å²) in [5.41, 5.74) is 0. The number of hydrogen-bond donors (Lipinski definition) is 1. The van der Waals surface area contributed by atoms with Gasteiger partial charge < -0.3 is 19.7 Å². The minimum absolute atomic E-state index is 0.0660. The highest BCUT2D eigenvalue weighted by Gasteiger charge is 2.32. The third-order valence-electron chi connectivity index (χ3n) is 3.49. The molecule has 1 saturated heterocycles. The first-order chi connectivity index (χ1) is 9.60.